The Kier molecular flexibility index (Phi) is 6.94. The first-order valence-electron chi connectivity index (χ1n) is 9.62. The second kappa shape index (κ2) is 9.62. The second-order valence-electron chi connectivity index (χ2n) is 6.73. The number of aromatic nitrogens is 3. The zero-order chi connectivity index (χ0) is 21.7. The van der Waals surface area contributed by atoms with Crippen molar-refractivity contribution in [3.8, 4) is 0 Å². The van der Waals surface area contributed by atoms with Crippen LogP contribution >= 0.6 is 0 Å². The summed E-state index contributed by atoms with van der Waals surface area (Å²) in [4.78, 5) is 24.8. The largest absolute Gasteiger partial charge is 0.465 e. The molecule has 30 heavy (non-hydrogen) atoms. The Morgan fingerprint density at radius 2 is 2.03 bits per heavy atom. The molecule has 0 spiro atoms. The van der Waals surface area contributed by atoms with E-state index < -0.39 is 17.6 Å². The first-order chi connectivity index (χ1) is 14.4. The van der Waals surface area contributed by atoms with Gasteiger partial charge in [-0.15, -0.1) is 0 Å². The third kappa shape index (κ3) is 4.73. The van der Waals surface area contributed by atoms with Crippen molar-refractivity contribution in [1.82, 2.24) is 14.3 Å². The number of benzene rings is 1. The van der Waals surface area contributed by atoms with Crippen LogP contribution in [-0.2, 0) is 40.2 Å². The summed E-state index contributed by atoms with van der Waals surface area (Å²) in [5, 5.41) is 4.79. The molecule has 1 aromatic carbocycles. The summed E-state index contributed by atoms with van der Waals surface area (Å²) in [7, 11) is 1.56. The number of carbonyl (C=O) groups excluding carboxylic acids is 1. The fourth-order valence-electron chi connectivity index (χ4n) is 3.25. The highest BCUT2D eigenvalue weighted by molar-refractivity contribution is 5.77. The fraction of sp³-hybridized carbons (Fsp3) is 0.381. The van der Waals surface area contributed by atoms with Gasteiger partial charge >= 0.3 is 5.97 Å². The molecule has 0 saturated carbocycles. The van der Waals surface area contributed by atoms with Gasteiger partial charge in [0.15, 0.2) is 22.7 Å². The third-order valence-electron chi connectivity index (χ3n) is 4.71. The number of halogens is 2. The number of rotatable bonds is 9. The van der Waals surface area contributed by atoms with Gasteiger partial charge in [-0.25, -0.2) is 8.78 Å². The molecule has 0 bridgehead atoms. The fourth-order valence-corrected chi connectivity index (χ4v) is 3.25. The number of pyridine rings is 1. The maximum atomic E-state index is 14.0. The molecule has 0 atom stereocenters. The number of methoxy groups -OCH3 is 1. The van der Waals surface area contributed by atoms with E-state index in [0.29, 0.717) is 29.9 Å². The normalized spacial score (nSPS) is 11.2. The van der Waals surface area contributed by atoms with E-state index in [9.17, 15) is 18.4 Å². The number of hydrogen-bond donors (Lipinski definition) is 0. The average molecular weight is 419 g/mol. The van der Waals surface area contributed by atoms with E-state index in [1.54, 1.807) is 29.5 Å². The van der Waals surface area contributed by atoms with Crippen molar-refractivity contribution in [2.24, 2.45) is 0 Å². The van der Waals surface area contributed by atoms with Crippen LogP contribution in [0.15, 0.2) is 35.3 Å². The van der Waals surface area contributed by atoms with Gasteiger partial charge in [0, 0.05) is 25.1 Å². The minimum atomic E-state index is -0.927. The number of nitrogens with zero attached hydrogens (tertiary/aromatic N) is 3. The van der Waals surface area contributed by atoms with Crippen molar-refractivity contribution in [3.05, 3.63) is 63.6 Å². The van der Waals surface area contributed by atoms with Gasteiger partial charge in [0.1, 0.15) is 6.54 Å². The molecule has 160 valence electrons. The Bertz CT molecular complexity index is 1110. The van der Waals surface area contributed by atoms with Crippen LogP contribution in [0.1, 0.15) is 18.2 Å². The molecular formula is C21H23F2N3O4. The molecule has 3 rings (SSSR count). The Balaban J connectivity index is 2.01. The van der Waals surface area contributed by atoms with E-state index in [2.05, 4.69) is 5.10 Å². The van der Waals surface area contributed by atoms with Gasteiger partial charge in [0.25, 0.3) is 0 Å². The summed E-state index contributed by atoms with van der Waals surface area (Å²) in [6.45, 7) is 2.62. The molecule has 0 aliphatic heterocycles. The maximum absolute atomic E-state index is 14.0. The summed E-state index contributed by atoms with van der Waals surface area (Å²) in [5.74, 6) is -2.32. The molecule has 0 amide bonds. The molecule has 0 N–H and O–H groups in total. The molecule has 0 radical (unpaired) electrons. The van der Waals surface area contributed by atoms with Crippen LogP contribution in [0.3, 0.4) is 0 Å². The lowest BCUT2D eigenvalue weighted by molar-refractivity contribution is -0.143. The van der Waals surface area contributed by atoms with Crippen LogP contribution in [0.5, 0.6) is 0 Å². The highest BCUT2D eigenvalue weighted by Crippen LogP contribution is 2.17. The lowest BCUT2D eigenvalue weighted by Crippen LogP contribution is -2.21. The van der Waals surface area contributed by atoms with Crippen molar-refractivity contribution in [2.75, 3.05) is 20.3 Å². The number of fused-ring (bicyclic) bond motifs is 1. The van der Waals surface area contributed by atoms with Crippen LogP contribution in [0.25, 0.3) is 11.0 Å². The minimum Gasteiger partial charge on any atom is -0.465 e. The van der Waals surface area contributed by atoms with E-state index in [1.165, 1.54) is 18.2 Å². The minimum absolute atomic E-state index is 0.146. The van der Waals surface area contributed by atoms with Gasteiger partial charge in [-0.3, -0.25) is 14.3 Å². The Labute approximate surface area is 171 Å². The summed E-state index contributed by atoms with van der Waals surface area (Å²) >= 11 is 0. The summed E-state index contributed by atoms with van der Waals surface area (Å²) in [5.41, 5.74) is 0.752. The van der Waals surface area contributed by atoms with E-state index in [-0.39, 0.29) is 37.0 Å². The lowest BCUT2D eigenvalue weighted by atomic mass is 10.1. The topological polar surface area (TPSA) is 75.3 Å². The predicted octanol–water partition coefficient (Wildman–Crippen LogP) is 2.47. The monoisotopic (exact) mass is 419 g/mol. The Hall–Kier alpha value is -3.07. The summed E-state index contributed by atoms with van der Waals surface area (Å²) in [6.07, 6.45) is 1.98. The number of esters is 1. The van der Waals surface area contributed by atoms with Crippen molar-refractivity contribution in [1.29, 1.82) is 0 Å². The van der Waals surface area contributed by atoms with Crippen LogP contribution in [0, 0.1) is 11.6 Å². The summed E-state index contributed by atoms with van der Waals surface area (Å²) < 4.78 is 40.8. The van der Waals surface area contributed by atoms with Crippen LogP contribution in [-0.4, -0.2) is 40.6 Å². The smallest absolute Gasteiger partial charge is 0.326 e. The zero-order valence-electron chi connectivity index (χ0n) is 16.9. The van der Waals surface area contributed by atoms with E-state index in [4.69, 9.17) is 9.47 Å². The average Bonchev–Trinajstić information content (AvgIpc) is 3.15. The highest BCUT2D eigenvalue weighted by Gasteiger charge is 2.17. The van der Waals surface area contributed by atoms with Gasteiger partial charge in [-0.05, 0) is 31.4 Å². The second-order valence-corrected chi connectivity index (χ2v) is 6.73. The van der Waals surface area contributed by atoms with Crippen molar-refractivity contribution < 1.29 is 23.0 Å². The number of hydrogen-bond acceptors (Lipinski definition) is 5. The van der Waals surface area contributed by atoms with Gasteiger partial charge < -0.3 is 14.0 Å². The van der Waals surface area contributed by atoms with Gasteiger partial charge in [-0.1, -0.05) is 12.1 Å². The number of carbonyl (C=O) groups is 1. The predicted molar refractivity (Wildman–Crippen MR) is 106 cm³/mol. The van der Waals surface area contributed by atoms with E-state index in [0.717, 1.165) is 6.07 Å². The van der Waals surface area contributed by atoms with Gasteiger partial charge in [-0.2, -0.15) is 5.10 Å². The molecule has 0 aliphatic rings. The molecule has 3 aromatic rings. The molecular weight excluding hydrogens is 396 g/mol. The standard InChI is InChI=1S/C21H23F2N3O4/c1-3-30-19(28)13-26-15(8-7-14-5-4-6-17(22)20(14)23)11-18(27)16-12-25(9-10-29-2)24-21(16)26/h4-6,11-12H,3,7-10,13H2,1-2H3. The van der Waals surface area contributed by atoms with E-state index >= 15 is 0 Å². The van der Waals surface area contributed by atoms with Crippen molar-refractivity contribution in [3.63, 3.8) is 0 Å². The molecule has 2 heterocycles. The molecule has 0 saturated heterocycles. The third-order valence-corrected chi connectivity index (χ3v) is 4.71. The number of aryl methyl sites for hydroxylation is 2. The van der Waals surface area contributed by atoms with Gasteiger partial charge in [0.05, 0.1) is 25.1 Å². The first-order valence-corrected chi connectivity index (χ1v) is 9.62. The van der Waals surface area contributed by atoms with Crippen molar-refractivity contribution in [2.45, 2.75) is 32.9 Å². The SMILES string of the molecule is CCOC(=O)Cn1c(CCc2cccc(F)c2F)cc(=O)c2cn(CCOC)nc21. The van der Waals surface area contributed by atoms with Crippen LogP contribution in [0.2, 0.25) is 0 Å². The molecule has 2 aromatic heterocycles. The Morgan fingerprint density at radius 1 is 1.23 bits per heavy atom. The first kappa shape index (κ1) is 21.6. The van der Waals surface area contributed by atoms with Crippen LogP contribution < -0.4 is 5.43 Å². The Morgan fingerprint density at radius 3 is 2.77 bits per heavy atom. The lowest BCUT2D eigenvalue weighted by Gasteiger charge is -2.14. The quantitative estimate of drug-likeness (QED) is 0.498. The molecule has 7 nitrogen and oxygen atoms in total. The van der Waals surface area contributed by atoms with Gasteiger partial charge in [0.2, 0.25) is 0 Å². The van der Waals surface area contributed by atoms with E-state index in [1.807, 2.05) is 0 Å². The zero-order valence-corrected chi connectivity index (χ0v) is 16.9. The molecule has 0 unspecified atom stereocenters. The summed E-state index contributed by atoms with van der Waals surface area (Å²) in [6, 6.07) is 5.37. The number of ether oxygens (including phenoxy) is 2. The van der Waals surface area contributed by atoms with Crippen LogP contribution in [0.4, 0.5) is 8.78 Å². The molecule has 0 fully saturated rings. The highest BCUT2D eigenvalue weighted by atomic mass is 19.2. The molecule has 0 aliphatic carbocycles. The van der Waals surface area contributed by atoms with Crippen molar-refractivity contribution >= 4 is 17.0 Å². The molecule has 9 heteroatoms. The maximum Gasteiger partial charge on any atom is 0.326 e.